The highest BCUT2D eigenvalue weighted by Gasteiger charge is 2.04. The molecule has 3 aromatic rings. The van der Waals surface area contributed by atoms with Crippen LogP contribution in [0.4, 0.5) is 0 Å². The highest BCUT2D eigenvalue weighted by molar-refractivity contribution is 5.81. The summed E-state index contributed by atoms with van der Waals surface area (Å²) >= 11 is 0. The Morgan fingerprint density at radius 1 is 1.20 bits per heavy atom. The molecular weight excluding hydrogens is 252 g/mol. The molecule has 0 bridgehead atoms. The van der Waals surface area contributed by atoms with Gasteiger partial charge in [0.25, 0.3) is 0 Å². The lowest BCUT2D eigenvalue weighted by Gasteiger charge is -2.05. The van der Waals surface area contributed by atoms with Gasteiger partial charge in [-0.25, -0.2) is 4.98 Å². The predicted octanol–water partition coefficient (Wildman–Crippen LogP) is 3.25. The number of H-pyrrole nitrogens is 1. The van der Waals surface area contributed by atoms with Gasteiger partial charge in [-0.3, -0.25) is 4.79 Å². The first-order valence-corrected chi connectivity index (χ1v) is 6.46. The molecule has 0 spiro atoms. The quantitative estimate of drug-likeness (QED) is 0.761. The zero-order valence-corrected chi connectivity index (χ0v) is 10.8. The number of carboxylic acid groups (broad SMARTS) is 1. The van der Waals surface area contributed by atoms with Gasteiger partial charge in [0.05, 0.1) is 0 Å². The number of rotatable bonds is 4. The van der Waals surface area contributed by atoms with Gasteiger partial charge in [0.2, 0.25) is 0 Å². The number of nitrogens with one attached hydrogen (secondary N) is 1. The second kappa shape index (κ2) is 5.17. The largest absolute Gasteiger partial charge is 0.481 e. The first-order chi connectivity index (χ1) is 9.72. The van der Waals surface area contributed by atoms with Crippen molar-refractivity contribution in [3.63, 3.8) is 0 Å². The Bertz CT molecular complexity index is 762. The number of aliphatic carboxylic acids is 1. The topological polar surface area (TPSA) is 66.0 Å². The van der Waals surface area contributed by atoms with Crippen LogP contribution in [-0.2, 0) is 11.2 Å². The molecule has 0 fully saturated rings. The second-order valence-corrected chi connectivity index (χ2v) is 4.73. The van der Waals surface area contributed by atoms with Gasteiger partial charge < -0.3 is 10.1 Å². The van der Waals surface area contributed by atoms with Gasteiger partial charge in [0.15, 0.2) is 0 Å². The van der Waals surface area contributed by atoms with Crippen LogP contribution in [-0.4, -0.2) is 21.0 Å². The van der Waals surface area contributed by atoms with Crippen molar-refractivity contribution in [1.82, 2.24) is 9.97 Å². The molecule has 100 valence electrons. The molecule has 0 aliphatic rings. The fourth-order valence-corrected chi connectivity index (χ4v) is 2.26. The van der Waals surface area contributed by atoms with Crippen LogP contribution in [0.5, 0.6) is 0 Å². The maximum atomic E-state index is 10.6. The molecule has 0 radical (unpaired) electrons. The number of aromatic nitrogens is 2. The van der Waals surface area contributed by atoms with Gasteiger partial charge in [0, 0.05) is 29.8 Å². The summed E-state index contributed by atoms with van der Waals surface area (Å²) < 4.78 is 0. The fourth-order valence-electron chi connectivity index (χ4n) is 2.26. The minimum absolute atomic E-state index is 0.151. The molecular formula is C16H14N2O2. The molecule has 2 N–H and O–H groups in total. The third-order valence-electron chi connectivity index (χ3n) is 3.29. The Kier molecular flexibility index (Phi) is 3.21. The van der Waals surface area contributed by atoms with E-state index >= 15 is 0 Å². The van der Waals surface area contributed by atoms with Gasteiger partial charge in [-0.05, 0) is 29.7 Å². The summed E-state index contributed by atoms with van der Waals surface area (Å²) in [4.78, 5) is 18.1. The Morgan fingerprint density at radius 2 is 2.10 bits per heavy atom. The van der Waals surface area contributed by atoms with E-state index in [1.165, 1.54) is 0 Å². The highest BCUT2D eigenvalue weighted by atomic mass is 16.4. The predicted molar refractivity (Wildman–Crippen MR) is 77.5 cm³/mol. The smallest absolute Gasteiger partial charge is 0.303 e. The number of carboxylic acids is 1. The van der Waals surface area contributed by atoms with Crippen LogP contribution in [0.3, 0.4) is 0 Å². The standard InChI is InChI=1S/C16H14N2O2/c19-15(20)5-4-11-2-1-3-12(8-11)14-9-13-6-7-17-16(13)18-10-14/h1-3,6-10H,4-5H2,(H,17,18)(H,19,20). The van der Waals surface area contributed by atoms with Gasteiger partial charge in [-0.2, -0.15) is 0 Å². The van der Waals surface area contributed by atoms with E-state index in [-0.39, 0.29) is 6.42 Å². The van der Waals surface area contributed by atoms with Crippen molar-refractivity contribution in [3.05, 3.63) is 54.4 Å². The summed E-state index contributed by atoms with van der Waals surface area (Å²) in [5.41, 5.74) is 3.99. The lowest BCUT2D eigenvalue weighted by molar-refractivity contribution is -0.136. The second-order valence-electron chi connectivity index (χ2n) is 4.73. The molecule has 2 heterocycles. The first kappa shape index (κ1) is 12.4. The lowest BCUT2D eigenvalue weighted by atomic mass is 10.0. The zero-order valence-electron chi connectivity index (χ0n) is 10.8. The van der Waals surface area contributed by atoms with Crippen molar-refractivity contribution in [1.29, 1.82) is 0 Å². The van der Waals surface area contributed by atoms with Crippen LogP contribution in [0, 0.1) is 0 Å². The lowest BCUT2D eigenvalue weighted by Crippen LogP contribution is -1.97. The summed E-state index contributed by atoms with van der Waals surface area (Å²) in [7, 11) is 0. The molecule has 0 saturated heterocycles. The first-order valence-electron chi connectivity index (χ1n) is 6.46. The monoisotopic (exact) mass is 266 g/mol. The molecule has 2 aromatic heterocycles. The minimum atomic E-state index is -0.772. The number of carbonyl (C=O) groups is 1. The van der Waals surface area contributed by atoms with E-state index in [0.717, 1.165) is 27.7 Å². The van der Waals surface area contributed by atoms with Crippen LogP contribution < -0.4 is 0 Å². The van der Waals surface area contributed by atoms with Crippen LogP contribution in [0.1, 0.15) is 12.0 Å². The molecule has 1 aromatic carbocycles. The summed E-state index contributed by atoms with van der Waals surface area (Å²) in [5.74, 6) is -0.772. The van der Waals surface area contributed by atoms with E-state index < -0.39 is 5.97 Å². The zero-order chi connectivity index (χ0) is 13.9. The summed E-state index contributed by atoms with van der Waals surface area (Å²) in [5, 5.41) is 9.81. The molecule has 0 unspecified atom stereocenters. The van der Waals surface area contributed by atoms with Crippen molar-refractivity contribution in [3.8, 4) is 11.1 Å². The Labute approximate surface area is 116 Å². The van der Waals surface area contributed by atoms with E-state index in [9.17, 15) is 4.79 Å². The highest BCUT2D eigenvalue weighted by Crippen LogP contribution is 2.23. The van der Waals surface area contributed by atoms with Crippen LogP contribution >= 0.6 is 0 Å². The average Bonchev–Trinajstić information content (AvgIpc) is 2.93. The minimum Gasteiger partial charge on any atom is -0.481 e. The average molecular weight is 266 g/mol. The third kappa shape index (κ3) is 2.54. The van der Waals surface area contributed by atoms with E-state index in [1.54, 1.807) is 0 Å². The Balaban J connectivity index is 1.92. The third-order valence-corrected chi connectivity index (χ3v) is 3.29. The normalized spacial score (nSPS) is 10.8. The number of benzene rings is 1. The molecule has 0 atom stereocenters. The molecule has 3 rings (SSSR count). The van der Waals surface area contributed by atoms with Crippen molar-refractivity contribution in [2.24, 2.45) is 0 Å². The molecule has 4 nitrogen and oxygen atoms in total. The molecule has 0 aliphatic heterocycles. The number of pyridine rings is 1. The molecule has 4 heteroatoms. The van der Waals surface area contributed by atoms with Crippen molar-refractivity contribution in [2.75, 3.05) is 0 Å². The van der Waals surface area contributed by atoms with Gasteiger partial charge in [-0.15, -0.1) is 0 Å². The van der Waals surface area contributed by atoms with Crippen LogP contribution in [0.15, 0.2) is 48.8 Å². The van der Waals surface area contributed by atoms with Crippen molar-refractivity contribution < 1.29 is 9.90 Å². The van der Waals surface area contributed by atoms with E-state index in [1.807, 2.05) is 42.7 Å². The summed E-state index contributed by atoms with van der Waals surface area (Å²) in [6.07, 6.45) is 4.39. The number of hydrogen-bond donors (Lipinski definition) is 2. The van der Waals surface area contributed by atoms with Gasteiger partial charge >= 0.3 is 5.97 Å². The van der Waals surface area contributed by atoms with Gasteiger partial charge in [-0.1, -0.05) is 24.3 Å². The van der Waals surface area contributed by atoms with Gasteiger partial charge in [0.1, 0.15) is 5.65 Å². The Hall–Kier alpha value is -2.62. The van der Waals surface area contributed by atoms with E-state index in [0.29, 0.717) is 6.42 Å². The van der Waals surface area contributed by atoms with E-state index in [2.05, 4.69) is 16.0 Å². The summed E-state index contributed by atoms with van der Waals surface area (Å²) in [6, 6.07) is 12.0. The summed E-state index contributed by atoms with van der Waals surface area (Å²) in [6.45, 7) is 0. The van der Waals surface area contributed by atoms with Crippen molar-refractivity contribution >= 4 is 17.0 Å². The number of aromatic amines is 1. The maximum Gasteiger partial charge on any atom is 0.303 e. The molecule has 20 heavy (non-hydrogen) atoms. The van der Waals surface area contributed by atoms with Crippen LogP contribution in [0.25, 0.3) is 22.2 Å². The Morgan fingerprint density at radius 3 is 2.95 bits per heavy atom. The number of hydrogen-bond acceptors (Lipinski definition) is 2. The molecule has 0 amide bonds. The SMILES string of the molecule is O=C(O)CCc1cccc(-c2cnc3[nH]ccc3c2)c1. The number of aryl methyl sites for hydroxylation is 1. The number of nitrogens with zero attached hydrogens (tertiary/aromatic N) is 1. The molecule has 0 aliphatic carbocycles. The molecule has 0 saturated carbocycles. The van der Waals surface area contributed by atoms with Crippen LogP contribution in [0.2, 0.25) is 0 Å². The fraction of sp³-hybridized carbons (Fsp3) is 0.125. The van der Waals surface area contributed by atoms with Crippen molar-refractivity contribution in [2.45, 2.75) is 12.8 Å². The number of fused-ring (bicyclic) bond motifs is 1. The maximum absolute atomic E-state index is 10.6. The van der Waals surface area contributed by atoms with E-state index in [4.69, 9.17) is 5.11 Å².